The van der Waals surface area contributed by atoms with Gasteiger partial charge in [0.2, 0.25) is 0 Å². The number of fused-ring (bicyclic) bond motifs is 1. The Morgan fingerprint density at radius 2 is 2.14 bits per heavy atom. The van der Waals surface area contributed by atoms with Crippen LogP contribution >= 0.6 is 11.3 Å². The van der Waals surface area contributed by atoms with Gasteiger partial charge in [0.25, 0.3) is 5.19 Å². The molecule has 2 aromatic carbocycles. The molecule has 0 radical (unpaired) electrons. The number of rotatable bonds is 5. The number of benzene rings is 2. The first-order valence-corrected chi connectivity index (χ1v) is 9.23. The fourth-order valence-corrected chi connectivity index (χ4v) is 3.49. The lowest BCUT2D eigenvalue weighted by molar-refractivity contribution is 0.187. The maximum atomic E-state index is 14.3. The van der Waals surface area contributed by atoms with Crippen LogP contribution in [0.4, 0.5) is 14.5 Å². The predicted molar refractivity (Wildman–Crippen MR) is 105 cm³/mol. The highest BCUT2D eigenvalue weighted by Gasteiger charge is 2.23. The molecule has 0 saturated heterocycles. The molecule has 1 atom stereocenters. The SMILES string of the molecule is C=Cc1cc(F)cc(F)c1CN1C=NC(O)c2cc(Oc3nccs3)ccc21. The Kier molecular flexibility index (Phi) is 4.89. The molecule has 3 aromatic rings. The standard InChI is InChI=1S/C20H15F2N3O2S/c1-2-12-7-13(21)8-17(22)16(12)10-25-11-24-19(26)15-9-14(3-4-18(15)25)27-20-23-5-6-28-20/h2-9,11,19,26H,1,10H2. The van der Waals surface area contributed by atoms with Crippen LogP contribution in [-0.4, -0.2) is 16.4 Å². The third-order valence-electron chi connectivity index (χ3n) is 4.29. The van der Waals surface area contributed by atoms with Gasteiger partial charge in [-0.1, -0.05) is 24.0 Å². The monoisotopic (exact) mass is 399 g/mol. The summed E-state index contributed by atoms with van der Waals surface area (Å²) in [6, 6.07) is 7.22. The van der Waals surface area contributed by atoms with Crippen LogP contribution in [0.3, 0.4) is 0 Å². The lowest BCUT2D eigenvalue weighted by Gasteiger charge is -2.29. The van der Waals surface area contributed by atoms with Crippen molar-refractivity contribution in [3.05, 3.63) is 76.8 Å². The van der Waals surface area contributed by atoms with E-state index < -0.39 is 17.9 Å². The molecular weight excluding hydrogens is 384 g/mol. The van der Waals surface area contributed by atoms with Crippen LogP contribution in [-0.2, 0) is 6.54 Å². The summed E-state index contributed by atoms with van der Waals surface area (Å²) in [5.41, 5.74) is 1.81. The molecule has 5 nitrogen and oxygen atoms in total. The zero-order chi connectivity index (χ0) is 19.7. The molecular formula is C20H15F2N3O2S. The van der Waals surface area contributed by atoms with Crippen molar-refractivity contribution in [3.8, 4) is 10.9 Å². The number of hydrogen-bond donors (Lipinski definition) is 1. The van der Waals surface area contributed by atoms with Crippen molar-refractivity contribution in [3.63, 3.8) is 0 Å². The van der Waals surface area contributed by atoms with Crippen LogP contribution in [0.15, 0.2) is 53.5 Å². The zero-order valence-electron chi connectivity index (χ0n) is 14.5. The summed E-state index contributed by atoms with van der Waals surface area (Å²) in [6.45, 7) is 3.72. The van der Waals surface area contributed by atoms with Crippen molar-refractivity contribution in [2.75, 3.05) is 4.90 Å². The van der Waals surface area contributed by atoms with Crippen molar-refractivity contribution in [1.29, 1.82) is 0 Å². The van der Waals surface area contributed by atoms with Gasteiger partial charge < -0.3 is 14.7 Å². The van der Waals surface area contributed by atoms with Gasteiger partial charge in [0.1, 0.15) is 17.4 Å². The van der Waals surface area contributed by atoms with E-state index in [0.29, 0.717) is 27.8 Å². The highest BCUT2D eigenvalue weighted by molar-refractivity contribution is 7.11. The summed E-state index contributed by atoms with van der Waals surface area (Å²) in [4.78, 5) is 9.80. The zero-order valence-corrected chi connectivity index (χ0v) is 15.4. The van der Waals surface area contributed by atoms with E-state index in [-0.39, 0.29) is 12.1 Å². The number of aliphatic hydroxyl groups excluding tert-OH is 1. The Bertz CT molecular complexity index is 1050. The highest BCUT2D eigenvalue weighted by atomic mass is 32.1. The average molecular weight is 399 g/mol. The lowest BCUT2D eigenvalue weighted by atomic mass is 10.0. The first-order valence-electron chi connectivity index (χ1n) is 8.35. The minimum atomic E-state index is -1.07. The van der Waals surface area contributed by atoms with E-state index in [4.69, 9.17) is 4.74 Å². The number of hydrogen-bond acceptors (Lipinski definition) is 6. The second kappa shape index (κ2) is 7.49. The third kappa shape index (κ3) is 3.51. The van der Waals surface area contributed by atoms with Crippen LogP contribution in [0.25, 0.3) is 6.08 Å². The summed E-state index contributed by atoms with van der Waals surface area (Å²) in [5, 5.41) is 12.5. The van der Waals surface area contributed by atoms with Gasteiger partial charge in [-0.05, 0) is 29.8 Å². The maximum Gasteiger partial charge on any atom is 0.278 e. The number of anilines is 1. The van der Waals surface area contributed by atoms with Crippen molar-refractivity contribution in [2.45, 2.75) is 12.8 Å². The van der Waals surface area contributed by atoms with Crippen LogP contribution in [0.5, 0.6) is 10.9 Å². The van der Waals surface area contributed by atoms with E-state index in [1.54, 1.807) is 34.7 Å². The van der Waals surface area contributed by atoms with Crippen molar-refractivity contribution in [2.24, 2.45) is 4.99 Å². The van der Waals surface area contributed by atoms with Gasteiger partial charge >= 0.3 is 0 Å². The van der Waals surface area contributed by atoms with Crippen molar-refractivity contribution >= 4 is 29.4 Å². The average Bonchev–Trinajstić information content (AvgIpc) is 3.18. The molecule has 1 N–H and O–H groups in total. The number of thiazole rings is 1. The minimum absolute atomic E-state index is 0.101. The largest absolute Gasteiger partial charge is 0.431 e. The number of aliphatic imine (C=N–C) groups is 1. The molecule has 2 heterocycles. The summed E-state index contributed by atoms with van der Waals surface area (Å²) in [7, 11) is 0. The second-order valence-electron chi connectivity index (χ2n) is 6.05. The molecule has 8 heteroatoms. The number of aliphatic hydroxyl groups is 1. The summed E-state index contributed by atoms with van der Waals surface area (Å²) in [5.74, 6) is -0.826. The van der Waals surface area contributed by atoms with E-state index in [0.717, 1.165) is 6.07 Å². The molecule has 0 fully saturated rings. The summed E-state index contributed by atoms with van der Waals surface area (Å²) >= 11 is 1.35. The Balaban J connectivity index is 1.66. The first-order chi connectivity index (χ1) is 13.5. The maximum absolute atomic E-state index is 14.3. The van der Waals surface area contributed by atoms with E-state index in [2.05, 4.69) is 16.6 Å². The Labute approximate surface area is 163 Å². The molecule has 0 aliphatic carbocycles. The Hall–Kier alpha value is -3.10. The molecule has 1 aliphatic heterocycles. The van der Waals surface area contributed by atoms with Gasteiger partial charge in [0.05, 0.1) is 18.6 Å². The van der Waals surface area contributed by atoms with Gasteiger partial charge in [0, 0.05) is 28.8 Å². The van der Waals surface area contributed by atoms with Gasteiger partial charge in [-0.15, -0.1) is 0 Å². The highest BCUT2D eigenvalue weighted by Crippen LogP contribution is 2.36. The van der Waals surface area contributed by atoms with Gasteiger partial charge in [0.15, 0.2) is 6.23 Å². The van der Waals surface area contributed by atoms with Gasteiger partial charge in [-0.2, -0.15) is 0 Å². The number of nitrogens with zero attached hydrogens (tertiary/aromatic N) is 3. The molecule has 0 bridgehead atoms. The number of ether oxygens (including phenoxy) is 1. The third-order valence-corrected chi connectivity index (χ3v) is 4.94. The lowest BCUT2D eigenvalue weighted by Crippen LogP contribution is -2.27. The van der Waals surface area contributed by atoms with E-state index in [9.17, 15) is 13.9 Å². The predicted octanol–water partition coefficient (Wildman–Crippen LogP) is 4.90. The molecule has 1 aliphatic rings. The Morgan fingerprint density at radius 1 is 1.29 bits per heavy atom. The first kappa shape index (κ1) is 18.3. The molecule has 0 spiro atoms. The van der Waals surface area contributed by atoms with Crippen molar-refractivity contribution in [1.82, 2.24) is 4.98 Å². The summed E-state index contributed by atoms with van der Waals surface area (Å²) in [6.07, 6.45) is 3.41. The fraction of sp³-hybridized carbons (Fsp3) is 0.100. The molecule has 0 saturated carbocycles. The topological polar surface area (TPSA) is 58.0 Å². The van der Waals surface area contributed by atoms with Crippen LogP contribution in [0.1, 0.15) is 22.9 Å². The van der Waals surface area contributed by atoms with Crippen molar-refractivity contribution < 1.29 is 18.6 Å². The molecule has 4 rings (SSSR count). The normalized spacial score (nSPS) is 15.4. The fourth-order valence-electron chi connectivity index (χ4n) is 2.98. The molecule has 0 amide bonds. The Morgan fingerprint density at radius 3 is 2.89 bits per heavy atom. The smallest absolute Gasteiger partial charge is 0.278 e. The van der Waals surface area contributed by atoms with E-state index in [1.807, 2.05) is 0 Å². The quantitative estimate of drug-likeness (QED) is 0.663. The molecule has 1 unspecified atom stereocenters. The van der Waals surface area contributed by atoms with E-state index in [1.165, 1.54) is 29.8 Å². The van der Waals surface area contributed by atoms with Gasteiger partial charge in [-0.3, -0.25) is 0 Å². The van der Waals surface area contributed by atoms with Crippen LogP contribution < -0.4 is 9.64 Å². The molecule has 142 valence electrons. The number of halogens is 2. The van der Waals surface area contributed by atoms with E-state index >= 15 is 0 Å². The molecule has 28 heavy (non-hydrogen) atoms. The summed E-state index contributed by atoms with van der Waals surface area (Å²) < 4.78 is 33.5. The van der Waals surface area contributed by atoms with Gasteiger partial charge in [-0.25, -0.2) is 18.8 Å². The van der Waals surface area contributed by atoms with Crippen LogP contribution in [0.2, 0.25) is 0 Å². The van der Waals surface area contributed by atoms with Crippen LogP contribution in [0, 0.1) is 11.6 Å². The molecule has 1 aromatic heterocycles. The second-order valence-corrected chi connectivity index (χ2v) is 6.90. The minimum Gasteiger partial charge on any atom is -0.431 e. The number of aromatic nitrogens is 1.